The molecule has 0 aromatic rings. The minimum absolute atomic E-state index is 0.183. The van der Waals surface area contributed by atoms with Crippen molar-refractivity contribution in [2.45, 2.75) is 59.4 Å². The predicted octanol–water partition coefficient (Wildman–Crippen LogP) is 2.84. The van der Waals surface area contributed by atoms with Crippen molar-refractivity contribution in [1.29, 1.82) is 0 Å². The second kappa shape index (κ2) is 9.64. The molecule has 3 heteroatoms. The van der Waals surface area contributed by atoms with Crippen LogP contribution in [0.1, 0.15) is 53.4 Å². The van der Waals surface area contributed by atoms with Crippen LogP contribution in [-0.2, 0) is 9.53 Å². The predicted molar refractivity (Wildman–Crippen MR) is 67.5 cm³/mol. The average Bonchev–Trinajstić information content (AvgIpc) is 2.27. The van der Waals surface area contributed by atoms with E-state index in [1.54, 1.807) is 0 Å². The molecule has 96 valence electrons. The summed E-state index contributed by atoms with van der Waals surface area (Å²) in [6, 6.07) is 0.639. The van der Waals surface area contributed by atoms with Gasteiger partial charge in [0.1, 0.15) is 6.61 Å². The summed E-state index contributed by atoms with van der Waals surface area (Å²) in [6.45, 7) is 10.5. The van der Waals surface area contributed by atoms with Gasteiger partial charge in [-0.05, 0) is 19.4 Å². The Morgan fingerprint density at radius 1 is 1.31 bits per heavy atom. The first-order valence-corrected chi connectivity index (χ1v) is 6.53. The summed E-state index contributed by atoms with van der Waals surface area (Å²) in [4.78, 5) is 13.1. The van der Waals surface area contributed by atoms with Crippen LogP contribution < -0.4 is 0 Å². The quantitative estimate of drug-likeness (QED) is 0.569. The van der Waals surface area contributed by atoms with Gasteiger partial charge in [0.05, 0.1) is 0 Å². The van der Waals surface area contributed by atoms with E-state index < -0.39 is 0 Å². The molecular formula is C13H27NO2. The molecule has 0 radical (unpaired) electrons. The van der Waals surface area contributed by atoms with Crippen molar-refractivity contribution in [2.75, 3.05) is 19.7 Å². The molecule has 0 saturated carbocycles. The molecule has 0 aliphatic heterocycles. The van der Waals surface area contributed by atoms with E-state index in [1.807, 2.05) is 0 Å². The highest BCUT2D eigenvalue weighted by Gasteiger charge is 2.14. The van der Waals surface area contributed by atoms with Gasteiger partial charge in [0.2, 0.25) is 0 Å². The summed E-state index contributed by atoms with van der Waals surface area (Å²) in [5.74, 6) is -0.183. The third-order valence-electron chi connectivity index (χ3n) is 2.97. The fourth-order valence-corrected chi connectivity index (χ4v) is 1.99. The average molecular weight is 229 g/mol. The Morgan fingerprint density at radius 3 is 2.44 bits per heavy atom. The standard InChI is InChI=1S/C13H27NO2/c1-5-8-9-13(6-2)14(7-3)10-11-16-12(4)15/h13H,5-11H2,1-4H3. The SMILES string of the molecule is CCCCC(CC)N(CC)CCOC(C)=O. The minimum atomic E-state index is -0.183. The number of rotatable bonds is 9. The molecule has 0 aliphatic carbocycles. The Balaban J connectivity index is 3.95. The van der Waals surface area contributed by atoms with Gasteiger partial charge in [0.15, 0.2) is 0 Å². The molecule has 0 fully saturated rings. The molecule has 3 nitrogen and oxygen atoms in total. The minimum Gasteiger partial charge on any atom is -0.465 e. The lowest BCUT2D eigenvalue weighted by Crippen LogP contribution is -2.37. The highest BCUT2D eigenvalue weighted by Crippen LogP contribution is 2.12. The van der Waals surface area contributed by atoms with Crippen molar-refractivity contribution in [3.8, 4) is 0 Å². The summed E-state index contributed by atoms with van der Waals surface area (Å²) in [5, 5.41) is 0. The lowest BCUT2D eigenvalue weighted by atomic mass is 10.1. The first-order chi connectivity index (χ1) is 7.65. The van der Waals surface area contributed by atoms with Crippen LogP contribution in [0.4, 0.5) is 0 Å². The van der Waals surface area contributed by atoms with E-state index in [0.29, 0.717) is 12.6 Å². The van der Waals surface area contributed by atoms with Crippen molar-refractivity contribution in [3.05, 3.63) is 0 Å². The second-order valence-corrected chi connectivity index (χ2v) is 4.17. The second-order valence-electron chi connectivity index (χ2n) is 4.17. The molecule has 1 unspecified atom stereocenters. The normalized spacial score (nSPS) is 12.8. The molecule has 0 aromatic carbocycles. The summed E-state index contributed by atoms with van der Waals surface area (Å²) in [6.07, 6.45) is 4.95. The molecular weight excluding hydrogens is 202 g/mol. The van der Waals surface area contributed by atoms with E-state index in [4.69, 9.17) is 4.74 Å². The van der Waals surface area contributed by atoms with E-state index in [-0.39, 0.29) is 5.97 Å². The molecule has 0 spiro atoms. The van der Waals surface area contributed by atoms with Crippen LogP contribution in [0.5, 0.6) is 0 Å². The van der Waals surface area contributed by atoms with E-state index in [0.717, 1.165) is 13.1 Å². The number of esters is 1. The number of unbranched alkanes of at least 4 members (excludes halogenated alkanes) is 1. The van der Waals surface area contributed by atoms with Crippen LogP contribution in [0.25, 0.3) is 0 Å². The maximum Gasteiger partial charge on any atom is 0.302 e. The van der Waals surface area contributed by atoms with Gasteiger partial charge in [0, 0.05) is 19.5 Å². The van der Waals surface area contributed by atoms with Gasteiger partial charge in [-0.25, -0.2) is 0 Å². The summed E-state index contributed by atoms with van der Waals surface area (Å²) in [5.41, 5.74) is 0. The number of ether oxygens (including phenoxy) is 1. The van der Waals surface area contributed by atoms with Crippen LogP contribution in [0.15, 0.2) is 0 Å². The van der Waals surface area contributed by atoms with Crippen LogP contribution in [0.3, 0.4) is 0 Å². The molecule has 0 N–H and O–H groups in total. The first-order valence-electron chi connectivity index (χ1n) is 6.53. The third-order valence-corrected chi connectivity index (χ3v) is 2.97. The van der Waals surface area contributed by atoms with E-state index in [9.17, 15) is 4.79 Å². The fourth-order valence-electron chi connectivity index (χ4n) is 1.99. The summed E-state index contributed by atoms with van der Waals surface area (Å²) in [7, 11) is 0. The largest absolute Gasteiger partial charge is 0.465 e. The lowest BCUT2D eigenvalue weighted by Gasteiger charge is -2.29. The maximum absolute atomic E-state index is 10.7. The van der Waals surface area contributed by atoms with Crippen molar-refractivity contribution < 1.29 is 9.53 Å². The lowest BCUT2D eigenvalue weighted by molar-refractivity contribution is -0.141. The molecule has 0 aliphatic rings. The van der Waals surface area contributed by atoms with Crippen LogP contribution in [-0.4, -0.2) is 36.6 Å². The number of carbonyl (C=O) groups excluding carboxylic acids is 1. The van der Waals surface area contributed by atoms with Gasteiger partial charge in [-0.2, -0.15) is 0 Å². The molecule has 0 heterocycles. The van der Waals surface area contributed by atoms with Crippen LogP contribution in [0.2, 0.25) is 0 Å². The fraction of sp³-hybridized carbons (Fsp3) is 0.923. The third kappa shape index (κ3) is 6.83. The number of carbonyl (C=O) groups is 1. The zero-order valence-corrected chi connectivity index (χ0v) is 11.3. The zero-order valence-electron chi connectivity index (χ0n) is 11.3. The Kier molecular flexibility index (Phi) is 9.30. The Labute approximate surface area is 100 Å². The Hall–Kier alpha value is -0.570. The van der Waals surface area contributed by atoms with Crippen molar-refractivity contribution in [2.24, 2.45) is 0 Å². The van der Waals surface area contributed by atoms with Gasteiger partial charge >= 0.3 is 5.97 Å². The Morgan fingerprint density at radius 2 is 2.00 bits per heavy atom. The van der Waals surface area contributed by atoms with E-state index in [2.05, 4.69) is 25.7 Å². The molecule has 0 saturated heterocycles. The molecule has 0 rings (SSSR count). The van der Waals surface area contributed by atoms with Gasteiger partial charge in [0.25, 0.3) is 0 Å². The Bertz CT molecular complexity index is 183. The summed E-state index contributed by atoms with van der Waals surface area (Å²) < 4.78 is 4.99. The van der Waals surface area contributed by atoms with Crippen LogP contribution >= 0.6 is 0 Å². The molecule has 16 heavy (non-hydrogen) atoms. The van der Waals surface area contributed by atoms with Gasteiger partial charge < -0.3 is 4.74 Å². The molecule has 0 bridgehead atoms. The van der Waals surface area contributed by atoms with Crippen LogP contribution in [0, 0.1) is 0 Å². The van der Waals surface area contributed by atoms with E-state index >= 15 is 0 Å². The molecule has 0 amide bonds. The number of likely N-dealkylation sites (N-methyl/N-ethyl adjacent to an activating group) is 1. The van der Waals surface area contributed by atoms with Gasteiger partial charge in [-0.3, -0.25) is 9.69 Å². The topological polar surface area (TPSA) is 29.5 Å². The molecule has 0 aromatic heterocycles. The number of nitrogens with zero attached hydrogens (tertiary/aromatic N) is 1. The van der Waals surface area contributed by atoms with Gasteiger partial charge in [-0.15, -0.1) is 0 Å². The summed E-state index contributed by atoms with van der Waals surface area (Å²) >= 11 is 0. The van der Waals surface area contributed by atoms with E-state index in [1.165, 1.54) is 32.6 Å². The molecule has 1 atom stereocenters. The van der Waals surface area contributed by atoms with Crippen molar-refractivity contribution in [3.63, 3.8) is 0 Å². The number of hydrogen-bond donors (Lipinski definition) is 0. The monoisotopic (exact) mass is 229 g/mol. The highest BCUT2D eigenvalue weighted by molar-refractivity contribution is 5.65. The highest BCUT2D eigenvalue weighted by atomic mass is 16.5. The van der Waals surface area contributed by atoms with Crippen molar-refractivity contribution in [1.82, 2.24) is 4.90 Å². The smallest absolute Gasteiger partial charge is 0.302 e. The first kappa shape index (κ1) is 15.4. The number of hydrogen-bond acceptors (Lipinski definition) is 3. The zero-order chi connectivity index (χ0) is 12.4. The van der Waals surface area contributed by atoms with Crippen molar-refractivity contribution >= 4 is 5.97 Å². The maximum atomic E-state index is 10.7. The van der Waals surface area contributed by atoms with Gasteiger partial charge in [-0.1, -0.05) is 33.6 Å².